The zero-order valence-electron chi connectivity index (χ0n) is 12.6. The first-order valence-electron chi connectivity index (χ1n) is 6.79. The highest BCUT2D eigenvalue weighted by atomic mass is 16.6. The maximum absolute atomic E-state index is 11.9. The summed E-state index contributed by atoms with van der Waals surface area (Å²) < 4.78 is 5.30. The van der Waals surface area contributed by atoms with E-state index >= 15 is 0 Å². The van der Waals surface area contributed by atoms with Gasteiger partial charge in [-0.05, 0) is 24.6 Å². The molecule has 0 bridgehead atoms. The van der Waals surface area contributed by atoms with E-state index in [4.69, 9.17) is 4.74 Å². The molecule has 1 amide bonds. The monoisotopic (exact) mass is 331 g/mol. The lowest BCUT2D eigenvalue weighted by atomic mass is 10.2. The summed E-state index contributed by atoms with van der Waals surface area (Å²) in [6.45, 7) is 1.23. The van der Waals surface area contributed by atoms with Gasteiger partial charge in [0, 0.05) is 18.2 Å². The maximum Gasteiger partial charge on any atom is 0.292 e. The molecule has 2 aromatic carbocycles. The lowest BCUT2D eigenvalue weighted by molar-refractivity contribution is -0.384. The molecular weight excluding hydrogens is 318 g/mol. The molecule has 2 aromatic rings. The van der Waals surface area contributed by atoms with Crippen LogP contribution in [0.3, 0.4) is 0 Å². The van der Waals surface area contributed by atoms with E-state index in [0.717, 1.165) is 0 Å². The van der Waals surface area contributed by atoms with E-state index in [1.54, 1.807) is 13.0 Å². The first kappa shape index (κ1) is 16.9. The van der Waals surface area contributed by atoms with Gasteiger partial charge in [-0.1, -0.05) is 12.1 Å². The van der Waals surface area contributed by atoms with Crippen LogP contribution in [0.25, 0.3) is 0 Å². The van der Waals surface area contributed by atoms with E-state index in [-0.39, 0.29) is 23.7 Å². The Morgan fingerprint density at radius 1 is 1.12 bits per heavy atom. The van der Waals surface area contributed by atoms with Crippen molar-refractivity contribution in [1.82, 2.24) is 0 Å². The molecule has 9 heteroatoms. The molecule has 9 nitrogen and oxygen atoms in total. The Hall–Kier alpha value is -3.49. The van der Waals surface area contributed by atoms with Gasteiger partial charge >= 0.3 is 0 Å². The molecule has 1 N–H and O–H groups in total. The minimum Gasteiger partial charge on any atom is -0.483 e. The summed E-state index contributed by atoms with van der Waals surface area (Å²) in [7, 11) is 0. The number of hydrogen-bond acceptors (Lipinski definition) is 6. The van der Waals surface area contributed by atoms with Crippen molar-refractivity contribution in [2.24, 2.45) is 0 Å². The van der Waals surface area contributed by atoms with E-state index in [1.165, 1.54) is 36.4 Å². The average Bonchev–Trinajstić information content (AvgIpc) is 2.53. The summed E-state index contributed by atoms with van der Waals surface area (Å²) in [4.78, 5) is 32.3. The van der Waals surface area contributed by atoms with Crippen LogP contribution in [0.1, 0.15) is 5.56 Å². The summed E-state index contributed by atoms with van der Waals surface area (Å²) in [5.41, 5.74) is 0.265. The predicted octanol–water partition coefficient (Wildman–Crippen LogP) is 2.83. The third kappa shape index (κ3) is 4.03. The Kier molecular flexibility index (Phi) is 5.05. The quantitative estimate of drug-likeness (QED) is 0.641. The van der Waals surface area contributed by atoms with Gasteiger partial charge in [-0.15, -0.1) is 0 Å². The summed E-state index contributed by atoms with van der Waals surface area (Å²) in [5, 5.41) is 23.9. The number of carbonyl (C=O) groups is 1. The van der Waals surface area contributed by atoms with Crippen LogP contribution in [0.4, 0.5) is 17.1 Å². The first-order valence-corrected chi connectivity index (χ1v) is 6.79. The van der Waals surface area contributed by atoms with E-state index in [2.05, 4.69) is 5.32 Å². The highest BCUT2D eigenvalue weighted by molar-refractivity contribution is 5.94. The second-order valence-corrected chi connectivity index (χ2v) is 4.82. The molecule has 0 aromatic heterocycles. The van der Waals surface area contributed by atoms with Crippen LogP contribution in [0.15, 0.2) is 42.5 Å². The van der Waals surface area contributed by atoms with Crippen molar-refractivity contribution in [3.05, 3.63) is 68.3 Å². The molecule has 0 saturated heterocycles. The molecule has 0 saturated carbocycles. The van der Waals surface area contributed by atoms with Gasteiger partial charge in [-0.2, -0.15) is 0 Å². The summed E-state index contributed by atoms with van der Waals surface area (Å²) in [6.07, 6.45) is 0. The first-order chi connectivity index (χ1) is 11.4. The van der Waals surface area contributed by atoms with Crippen LogP contribution < -0.4 is 10.1 Å². The number of carbonyl (C=O) groups excluding carboxylic acids is 1. The standard InChI is InChI=1S/C15H13N3O6/c1-10-8-11(17(20)21)6-7-14(10)24-9-15(19)16-12-4-2-3-5-13(12)18(22)23/h2-8H,9H2,1H3,(H,16,19). The number of nitrogens with zero attached hydrogens (tertiary/aromatic N) is 2. The predicted molar refractivity (Wildman–Crippen MR) is 85.1 cm³/mol. The highest BCUT2D eigenvalue weighted by Crippen LogP contribution is 2.24. The number of aryl methyl sites for hydroxylation is 1. The minimum atomic E-state index is -0.600. The zero-order valence-corrected chi connectivity index (χ0v) is 12.6. The number of amides is 1. The number of hydrogen-bond donors (Lipinski definition) is 1. The number of nitro groups is 2. The van der Waals surface area contributed by atoms with Gasteiger partial charge in [0.2, 0.25) is 0 Å². The molecule has 0 unspecified atom stereocenters. The molecule has 0 fully saturated rings. The van der Waals surface area contributed by atoms with Crippen LogP contribution in [-0.4, -0.2) is 22.4 Å². The molecule has 0 radical (unpaired) electrons. The van der Waals surface area contributed by atoms with Crippen molar-refractivity contribution in [1.29, 1.82) is 0 Å². The number of nitro benzene ring substituents is 2. The lowest BCUT2D eigenvalue weighted by Crippen LogP contribution is -2.21. The minimum absolute atomic E-state index is 0.0662. The molecule has 124 valence electrons. The van der Waals surface area contributed by atoms with Crippen molar-refractivity contribution in [2.45, 2.75) is 6.92 Å². The van der Waals surface area contributed by atoms with Crippen molar-refractivity contribution >= 4 is 23.0 Å². The third-order valence-corrected chi connectivity index (χ3v) is 3.10. The third-order valence-electron chi connectivity index (χ3n) is 3.10. The molecule has 0 aliphatic rings. The second-order valence-electron chi connectivity index (χ2n) is 4.82. The number of para-hydroxylation sites is 2. The van der Waals surface area contributed by atoms with Gasteiger partial charge in [-0.25, -0.2) is 0 Å². The lowest BCUT2D eigenvalue weighted by Gasteiger charge is -2.09. The molecule has 0 spiro atoms. The number of non-ortho nitro benzene ring substituents is 1. The smallest absolute Gasteiger partial charge is 0.292 e. The van der Waals surface area contributed by atoms with Gasteiger partial charge in [-0.3, -0.25) is 25.0 Å². The molecule has 24 heavy (non-hydrogen) atoms. The fourth-order valence-corrected chi connectivity index (χ4v) is 1.98. The van der Waals surface area contributed by atoms with Crippen molar-refractivity contribution in [2.75, 3.05) is 11.9 Å². The van der Waals surface area contributed by atoms with Gasteiger partial charge in [0.15, 0.2) is 6.61 Å². The van der Waals surface area contributed by atoms with Crippen LogP contribution >= 0.6 is 0 Å². The molecule has 2 rings (SSSR count). The number of rotatable bonds is 6. The van der Waals surface area contributed by atoms with Gasteiger partial charge in [0.1, 0.15) is 11.4 Å². The Morgan fingerprint density at radius 3 is 2.46 bits per heavy atom. The largest absolute Gasteiger partial charge is 0.483 e. The SMILES string of the molecule is Cc1cc([N+](=O)[O-])ccc1OCC(=O)Nc1ccccc1[N+](=O)[O-]. The molecule has 0 atom stereocenters. The molecule has 0 aliphatic carbocycles. The van der Waals surface area contributed by atoms with Gasteiger partial charge in [0.05, 0.1) is 9.85 Å². The fraction of sp³-hybridized carbons (Fsp3) is 0.133. The molecular formula is C15H13N3O6. The average molecular weight is 331 g/mol. The number of benzene rings is 2. The fourth-order valence-electron chi connectivity index (χ4n) is 1.98. The van der Waals surface area contributed by atoms with Crippen LogP contribution in [0.5, 0.6) is 5.75 Å². The van der Waals surface area contributed by atoms with E-state index in [9.17, 15) is 25.0 Å². The number of anilines is 1. The zero-order chi connectivity index (χ0) is 17.7. The number of ether oxygens (including phenoxy) is 1. The Labute approximate surface area is 136 Å². The number of nitrogens with one attached hydrogen (secondary N) is 1. The van der Waals surface area contributed by atoms with Gasteiger partial charge in [0.25, 0.3) is 17.3 Å². The van der Waals surface area contributed by atoms with Gasteiger partial charge < -0.3 is 10.1 Å². The van der Waals surface area contributed by atoms with Crippen molar-refractivity contribution < 1.29 is 19.4 Å². The second kappa shape index (κ2) is 7.18. The maximum atomic E-state index is 11.9. The molecule has 0 aliphatic heterocycles. The highest BCUT2D eigenvalue weighted by Gasteiger charge is 2.15. The Morgan fingerprint density at radius 2 is 1.83 bits per heavy atom. The Bertz CT molecular complexity index is 806. The van der Waals surface area contributed by atoms with Crippen LogP contribution in [-0.2, 0) is 4.79 Å². The topological polar surface area (TPSA) is 125 Å². The van der Waals surface area contributed by atoms with Crippen molar-refractivity contribution in [3.63, 3.8) is 0 Å². The van der Waals surface area contributed by atoms with Crippen LogP contribution in [0.2, 0.25) is 0 Å². The van der Waals surface area contributed by atoms with Crippen LogP contribution in [0, 0.1) is 27.2 Å². The summed E-state index contributed by atoms with van der Waals surface area (Å²) >= 11 is 0. The van der Waals surface area contributed by atoms with E-state index in [1.807, 2.05) is 0 Å². The van der Waals surface area contributed by atoms with E-state index in [0.29, 0.717) is 11.3 Å². The normalized spacial score (nSPS) is 10.0. The Balaban J connectivity index is 2.02. The van der Waals surface area contributed by atoms with Crippen molar-refractivity contribution in [3.8, 4) is 5.75 Å². The van der Waals surface area contributed by atoms with E-state index < -0.39 is 15.8 Å². The summed E-state index contributed by atoms with van der Waals surface area (Å²) in [5.74, 6) is -0.264. The summed E-state index contributed by atoms with van der Waals surface area (Å²) in [6, 6.07) is 9.72. The molecule has 0 heterocycles.